The van der Waals surface area contributed by atoms with E-state index < -0.39 is 5.54 Å². The Bertz CT molecular complexity index is 436. The standard InChI is InChI=1S/C15H21N3O/c1-17-15(11-16,13-6-4-3-5-7-13)12-18(2)14-8-9-19-10-14/h3-7,14,17H,8-10,12H2,1-2H3. The molecule has 0 aromatic heterocycles. The van der Waals surface area contributed by atoms with Crippen molar-refractivity contribution in [1.29, 1.82) is 5.26 Å². The molecular formula is C15H21N3O. The molecule has 102 valence electrons. The van der Waals surface area contributed by atoms with E-state index in [1.165, 1.54) is 0 Å². The average Bonchev–Trinajstić information content (AvgIpc) is 3.00. The molecule has 1 aromatic carbocycles. The molecule has 0 spiro atoms. The Morgan fingerprint density at radius 2 is 2.21 bits per heavy atom. The lowest BCUT2D eigenvalue weighted by Crippen LogP contribution is -2.50. The first-order chi connectivity index (χ1) is 9.22. The summed E-state index contributed by atoms with van der Waals surface area (Å²) >= 11 is 0. The molecule has 0 radical (unpaired) electrons. The smallest absolute Gasteiger partial charge is 0.144 e. The molecule has 1 saturated heterocycles. The molecule has 2 unspecified atom stereocenters. The fourth-order valence-electron chi connectivity index (χ4n) is 2.57. The highest BCUT2D eigenvalue weighted by Gasteiger charge is 2.34. The van der Waals surface area contributed by atoms with Crippen molar-refractivity contribution in [2.75, 3.05) is 33.9 Å². The van der Waals surface area contributed by atoms with E-state index in [0.717, 1.165) is 25.2 Å². The van der Waals surface area contributed by atoms with Crippen LogP contribution < -0.4 is 5.32 Å². The Balaban J connectivity index is 2.18. The molecule has 1 aromatic rings. The summed E-state index contributed by atoms with van der Waals surface area (Å²) in [5.41, 5.74) is 0.337. The van der Waals surface area contributed by atoms with Crippen LogP contribution in [0.15, 0.2) is 30.3 Å². The van der Waals surface area contributed by atoms with Gasteiger partial charge in [-0.05, 0) is 26.1 Å². The molecule has 0 saturated carbocycles. The SMILES string of the molecule is CNC(C#N)(CN(C)C1CCOC1)c1ccccc1. The van der Waals surface area contributed by atoms with Crippen LogP contribution in [0.25, 0.3) is 0 Å². The van der Waals surface area contributed by atoms with Gasteiger partial charge in [-0.1, -0.05) is 30.3 Å². The molecule has 0 aliphatic carbocycles. The molecule has 1 fully saturated rings. The molecule has 2 rings (SSSR count). The Labute approximate surface area is 115 Å². The van der Waals surface area contributed by atoms with Gasteiger partial charge in [-0.15, -0.1) is 0 Å². The van der Waals surface area contributed by atoms with Crippen molar-refractivity contribution >= 4 is 0 Å². The lowest BCUT2D eigenvalue weighted by molar-refractivity contribution is 0.145. The predicted molar refractivity (Wildman–Crippen MR) is 74.6 cm³/mol. The summed E-state index contributed by atoms with van der Waals surface area (Å²) in [6, 6.07) is 12.8. The van der Waals surface area contributed by atoms with E-state index in [-0.39, 0.29) is 0 Å². The Hall–Kier alpha value is -1.41. The summed E-state index contributed by atoms with van der Waals surface area (Å²) in [4.78, 5) is 2.22. The quantitative estimate of drug-likeness (QED) is 0.867. The minimum absolute atomic E-state index is 0.407. The molecule has 19 heavy (non-hydrogen) atoms. The Morgan fingerprint density at radius 1 is 1.47 bits per heavy atom. The topological polar surface area (TPSA) is 48.3 Å². The van der Waals surface area contributed by atoms with Crippen molar-refractivity contribution in [2.24, 2.45) is 0 Å². The van der Waals surface area contributed by atoms with Crippen molar-refractivity contribution in [2.45, 2.75) is 18.0 Å². The van der Waals surface area contributed by atoms with Crippen LogP contribution in [-0.2, 0) is 10.3 Å². The summed E-state index contributed by atoms with van der Waals surface area (Å²) in [7, 11) is 3.90. The van der Waals surface area contributed by atoms with E-state index in [2.05, 4.69) is 23.3 Å². The van der Waals surface area contributed by atoms with Crippen molar-refractivity contribution in [3.8, 4) is 6.07 Å². The zero-order valence-electron chi connectivity index (χ0n) is 11.6. The first kappa shape index (κ1) is 14.0. The number of nitriles is 1. The number of ether oxygens (including phenoxy) is 1. The van der Waals surface area contributed by atoms with Gasteiger partial charge in [0.05, 0.1) is 12.7 Å². The van der Waals surface area contributed by atoms with Crippen LogP contribution >= 0.6 is 0 Å². The summed E-state index contributed by atoms with van der Waals surface area (Å²) < 4.78 is 5.42. The van der Waals surface area contributed by atoms with Gasteiger partial charge in [0, 0.05) is 19.2 Å². The monoisotopic (exact) mass is 259 g/mol. The second kappa shape index (κ2) is 6.16. The van der Waals surface area contributed by atoms with Crippen LogP contribution in [0.5, 0.6) is 0 Å². The maximum atomic E-state index is 9.65. The number of nitrogens with zero attached hydrogens (tertiary/aromatic N) is 2. The van der Waals surface area contributed by atoms with Crippen LogP contribution in [0.1, 0.15) is 12.0 Å². The van der Waals surface area contributed by atoms with Crippen LogP contribution in [0.4, 0.5) is 0 Å². The highest BCUT2D eigenvalue weighted by molar-refractivity contribution is 5.32. The van der Waals surface area contributed by atoms with Gasteiger partial charge in [0.25, 0.3) is 0 Å². The van der Waals surface area contributed by atoms with Crippen LogP contribution in [0, 0.1) is 11.3 Å². The van der Waals surface area contributed by atoms with Crippen LogP contribution in [0.2, 0.25) is 0 Å². The number of hydrogen-bond acceptors (Lipinski definition) is 4. The number of nitrogens with one attached hydrogen (secondary N) is 1. The minimum Gasteiger partial charge on any atom is -0.380 e. The number of likely N-dealkylation sites (N-methyl/N-ethyl adjacent to an activating group) is 2. The van der Waals surface area contributed by atoms with E-state index in [9.17, 15) is 5.26 Å². The van der Waals surface area contributed by atoms with Gasteiger partial charge in [-0.3, -0.25) is 10.2 Å². The molecule has 0 amide bonds. The summed E-state index contributed by atoms with van der Waals surface area (Å²) in [5.74, 6) is 0. The van der Waals surface area contributed by atoms with Gasteiger partial charge in [0.1, 0.15) is 5.54 Å². The van der Waals surface area contributed by atoms with Gasteiger partial charge >= 0.3 is 0 Å². The van der Waals surface area contributed by atoms with E-state index in [0.29, 0.717) is 12.6 Å². The minimum atomic E-state index is -0.668. The van der Waals surface area contributed by atoms with Crippen molar-refractivity contribution in [1.82, 2.24) is 10.2 Å². The fourth-order valence-corrected chi connectivity index (χ4v) is 2.57. The largest absolute Gasteiger partial charge is 0.380 e. The van der Waals surface area contributed by atoms with Gasteiger partial charge in [0.15, 0.2) is 0 Å². The third-order valence-electron chi connectivity index (χ3n) is 3.90. The summed E-state index contributed by atoms with van der Waals surface area (Å²) in [6.07, 6.45) is 1.04. The van der Waals surface area contributed by atoms with Crippen LogP contribution in [-0.4, -0.2) is 44.8 Å². The number of benzene rings is 1. The van der Waals surface area contributed by atoms with E-state index in [4.69, 9.17) is 4.74 Å². The molecular weight excluding hydrogens is 238 g/mol. The Kier molecular flexibility index (Phi) is 4.54. The lowest BCUT2D eigenvalue weighted by Gasteiger charge is -2.34. The molecule has 1 heterocycles. The van der Waals surface area contributed by atoms with E-state index in [1.54, 1.807) is 0 Å². The van der Waals surface area contributed by atoms with Crippen molar-refractivity contribution in [3.05, 3.63) is 35.9 Å². The highest BCUT2D eigenvalue weighted by Crippen LogP contribution is 2.23. The molecule has 1 aliphatic heterocycles. The van der Waals surface area contributed by atoms with Crippen molar-refractivity contribution in [3.63, 3.8) is 0 Å². The zero-order chi connectivity index (χ0) is 13.7. The molecule has 2 atom stereocenters. The highest BCUT2D eigenvalue weighted by atomic mass is 16.5. The van der Waals surface area contributed by atoms with Crippen molar-refractivity contribution < 1.29 is 4.74 Å². The van der Waals surface area contributed by atoms with Gasteiger partial charge in [-0.25, -0.2) is 0 Å². The average molecular weight is 259 g/mol. The maximum absolute atomic E-state index is 9.65. The first-order valence-corrected chi connectivity index (χ1v) is 6.65. The predicted octanol–water partition coefficient (Wildman–Crippen LogP) is 1.35. The number of hydrogen-bond donors (Lipinski definition) is 1. The third-order valence-corrected chi connectivity index (χ3v) is 3.90. The van der Waals surface area contributed by atoms with E-state index >= 15 is 0 Å². The normalized spacial score (nSPS) is 22.1. The molecule has 4 heteroatoms. The number of rotatable bonds is 5. The molecule has 4 nitrogen and oxygen atoms in total. The third kappa shape index (κ3) is 2.95. The second-order valence-electron chi connectivity index (χ2n) is 5.07. The van der Waals surface area contributed by atoms with E-state index in [1.807, 2.05) is 37.4 Å². The lowest BCUT2D eigenvalue weighted by atomic mass is 9.90. The first-order valence-electron chi connectivity index (χ1n) is 6.65. The Morgan fingerprint density at radius 3 is 2.74 bits per heavy atom. The zero-order valence-corrected chi connectivity index (χ0v) is 11.6. The van der Waals surface area contributed by atoms with Gasteiger partial charge in [0.2, 0.25) is 0 Å². The summed E-state index contributed by atoms with van der Waals surface area (Å²) in [5, 5.41) is 12.8. The van der Waals surface area contributed by atoms with Gasteiger partial charge < -0.3 is 4.74 Å². The molecule has 1 aliphatic rings. The fraction of sp³-hybridized carbons (Fsp3) is 0.533. The van der Waals surface area contributed by atoms with Gasteiger partial charge in [-0.2, -0.15) is 5.26 Å². The second-order valence-corrected chi connectivity index (χ2v) is 5.07. The molecule has 0 bridgehead atoms. The molecule has 1 N–H and O–H groups in total. The van der Waals surface area contributed by atoms with Crippen LogP contribution in [0.3, 0.4) is 0 Å². The maximum Gasteiger partial charge on any atom is 0.144 e. The summed E-state index contributed by atoms with van der Waals surface area (Å²) in [6.45, 7) is 2.23.